The number of thiocarbonyl (C=S) groups is 1. The van der Waals surface area contributed by atoms with Gasteiger partial charge in [-0.2, -0.15) is 0 Å². The number of ether oxygens (including phenoxy) is 2. The lowest BCUT2D eigenvalue weighted by molar-refractivity contribution is -0.122. The summed E-state index contributed by atoms with van der Waals surface area (Å²) in [7, 11) is 3.27. The molecule has 0 aromatic heterocycles. The summed E-state index contributed by atoms with van der Waals surface area (Å²) < 4.78 is 11.0. The molecule has 0 spiro atoms. The van der Waals surface area contributed by atoms with E-state index < -0.39 is 0 Å². The van der Waals surface area contributed by atoms with Crippen LogP contribution in [0, 0.1) is 0 Å². The van der Waals surface area contributed by atoms with E-state index in [1.54, 1.807) is 19.1 Å². The third-order valence-corrected chi connectivity index (χ3v) is 5.43. The molecule has 0 N–H and O–H groups in total. The summed E-state index contributed by atoms with van der Waals surface area (Å²) in [6.45, 7) is 0.562. The number of benzene rings is 2. The van der Waals surface area contributed by atoms with E-state index in [1.807, 2.05) is 54.6 Å². The second-order valence-electron chi connectivity index (χ2n) is 5.71. The average molecular weight is 386 g/mol. The molecule has 0 atom stereocenters. The predicted octanol–water partition coefficient (Wildman–Crippen LogP) is 4.15. The molecule has 1 saturated heterocycles. The van der Waals surface area contributed by atoms with Crippen LogP contribution < -0.4 is 9.47 Å². The Morgan fingerprint density at radius 1 is 1.08 bits per heavy atom. The van der Waals surface area contributed by atoms with E-state index in [-0.39, 0.29) is 5.91 Å². The molecule has 6 heteroatoms. The number of hydrogen-bond acceptors (Lipinski definition) is 5. The molecule has 0 unspecified atom stereocenters. The minimum atomic E-state index is -0.0451. The fraction of sp³-hybridized carbons (Fsp3) is 0.200. The first-order valence-corrected chi connectivity index (χ1v) is 9.35. The van der Waals surface area contributed by atoms with Crippen molar-refractivity contribution in [3.05, 3.63) is 64.6 Å². The van der Waals surface area contributed by atoms with Gasteiger partial charge in [0.25, 0.3) is 5.91 Å². The predicted molar refractivity (Wildman–Crippen MR) is 110 cm³/mol. The summed E-state index contributed by atoms with van der Waals surface area (Å²) in [4.78, 5) is 15.0. The highest BCUT2D eigenvalue weighted by molar-refractivity contribution is 8.26. The first kappa shape index (κ1) is 18.5. The molecule has 26 heavy (non-hydrogen) atoms. The fourth-order valence-electron chi connectivity index (χ4n) is 2.61. The van der Waals surface area contributed by atoms with Gasteiger partial charge in [0.15, 0.2) is 0 Å². The maximum Gasteiger partial charge on any atom is 0.266 e. The normalized spacial score (nSPS) is 15.6. The number of carbonyl (C=O) groups is 1. The Bertz CT molecular complexity index is 846. The van der Waals surface area contributed by atoms with Gasteiger partial charge in [0.1, 0.15) is 15.8 Å². The Morgan fingerprint density at radius 3 is 2.50 bits per heavy atom. The minimum absolute atomic E-state index is 0.0451. The van der Waals surface area contributed by atoms with Gasteiger partial charge in [0.05, 0.1) is 19.1 Å². The molecular weight excluding hydrogens is 366 g/mol. The van der Waals surface area contributed by atoms with Crippen molar-refractivity contribution in [3.63, 3.8) is 0 Å². The van der Waals surface area contributed by atoms with E-state index in [1.165, 1.54) is 11.8 Å². The number of amides is 1. The first-order valence-electron chi connectivity index (χ1n) is 8.13. The van der Waals surface area contributed by atoms with Crippen molar-refractivity contribution < 1.29 is 14.3 Å². The van der Waals surface area contributed by atoms with Crippen LogP contribution in [0.1, 0.15) is 11.1 Å². The zero-order valence-electron chi connectivity index (χ0n) is 14.6. The summed E-state index contributed by atoms with van der Waals surface area (Å²) in [5.41, 5.74) is 2.05. The Hall–Kier alpha value is -2.31. The van der Waals surface area contributed by atoms with Crippen molar-refractivity contribution in [1.82, 2.24) is 4.90 Å². The minimum Gasteiger partial charge on any atom is -0.497 e. The van der Waals surface area contributed by atoms with Crippen LogP contribution >= 0.6 is 24.0 Å². The van der Waals surface area contributed by atoms with Crippen molar-refractivity contribution >= 4 is 40.3 Å². The van der Waals surface area contributed by atoms with Crippen molar-refractivity contribution in [2.75, 3.05) is 20.8 Å². The van der Waals surface area contributed by atoms with Crippen molar-refractivity contribution in [2.45, 2.75) is 6.42 Å². The smallest absolute Gasteiger partial charge is 0.266 e. The van der Waals surface area contributed by atoms with Gasteiger partial charge in [-0.05, 0) is 47.9 Å². The molecule has 1 amide bonds. The highest BCUT2D eigenvalue weighted by Gasteiger charge is 2.31. The SMILES string of the molecule is COc1ccc(CCN2C(=O)C(=Cc3cccc(OC)c3)SC2=S)cc1. The molecule has 1 fully saturated rings. The molecule has 1 heterocycles. The van der Waals surface area contributed by atoms with E-state index in [2.05, 4.69) is 0 Å². The van der Waals surface area contributed by atoms with Crippen LogP contribution in [0.15, 0.2) is 53.4 Å². The number of thioether (sulfide) groups is 1. The topological polar surface area (TPSA) is 38.8 Å². The fourth-order valence-corrected chi connectivity index (χ4v) is 3.92. The maximum atomic E-state index is 12.7. The van der Waals surface area contributed by atoms with Crippen LogP contribution in [0.25, 0.3) is 6.08 Å². The molecule has 0 saturated carbocycles. The van der Waals surface area contributed by atoms with Gasteiger partial charge in [-0.1, -0.05) is 48.2 Å². The lowest BCUT2D eigenvalue weighted by Crippen LogP contribution is -2.30. The van der Waals surface area contributed by atoms with Gasteiger partial charge in [-0.15, -0.1) is 0 Å². The number of methoxy groups -OCH3 is 2. The quantitative estimate of drug-likeness (QED) is 0.552. The molecule has 3 rings (SSSR count). The van der Waals surface area contributed by atoms with Gasteiger partial charge in [-0.3, -0.25) is 9.69 Å². The van der Waals surface area contributed by atoms with Gasteiger partial charge in [0.2, 0.25) is 0 Å². The Kier molecular flexibility index (Phi) is 5.96. The lowest BCUT2D eigenvalue weighted by atomic mass is 10.1. The number of rotatable bonds is 6. The van der Waals surface area contributed by atoms with Crippen LogP contribution in [0.2, 0.25) is 0 Å². The summed E-state index contributed by atoms with van der Waals surface area (Å²) in [5.74, 6) is 1.53. The number of carbonyl (C=O) groups excluding carboxylic acids is 1. The molecule has 1 aliphatic heterocycles. The maximum absolute atomic E-state index is 12.7. The summed E-state index contributed by atoms with van der Waals surface area (Å²) in [6.07, 6.45) is 2.60. The molecule has 0 aliphatic carbocycles. The third kappa shape index (κ3) is 4.26. The second-order valence-corrected chi connectivity index (χ2v) is 7.38. The second kappa shape index (κ2) is 8.38. The molecule has 0 bridgehead atoms. The first-order chi connectivity index (χ1) is 12.6. The zero-order chi connectivity index (χ0) is 18.5. The number of nitrogens with zero attached hydrogens (tertiary/aromatic N) is 1. The van der Waals surface area contributed by atoms with Gasteiger partial charge < -0.3 is 9.47 Å². The molecule has 2 aromatic carbocycles. The van der Waals surface area contributed by atoms with E-state index in [4.69, 9.17) is 21.7 Å². The van der Waals surface area contributed by atoms with Crippen molar-refractivity contribution in [1.29, 1.82) is 0 Å². The highest BCUT2D eigenvalue weighted by atomic mass is 32.2. The molecule has 4 nitrogen and oxygen atoms in total. The summed E-state index contributed by atoms with van der Waals surface area (Å²) >= 11 is 6.74. The van der Waals surface area contributed by atoms with Gasteiger partial charge in [-0.25, -0.2) is 0 Å². The molecule has 1 aliphatic rings. The van der Waals surface area contributed by atoms with Crippen LogP contribution in [-0.4, -0.2) is 35.9 Å². The van der Waals surface area contributed by atoms with E-state index in [0.29, 0.717) is 15.8 Å². The van der Waals surface area contributed by atoms with Crippen molar-refractivity contribution in [3.8, 4) is 11.5 Å². The van der Waals surface area contributed by atoms with E-state index in [9.17, 15) is 4.79 Å². The van der Waals surface area contributed by atoms with Crippen LogP contribution in [0.3, 0.4) is 0 Å². The molecular formula is C20H19NO3S2. The largest absolute Gasteiger partial charge is 0.497 e. The van der Waals surface area contributed by atoms with Crippen LogP contribution in [-0.2, 0) is 11.2 Å². The van der Waals surface area contributed by atoms with Gasteiger partial charge >= 0.3 is 0 Å². The third-order valence-electron chi connectivity index (χ3n) is 4.05. The van der Waals surface area contributed by atoms with E-state index >= 15 is 0 Å². The van der Waals surface area contributed by atoms with Gasteiger partial charge in [0, 0.05) is 6.54 Å². The highest BCUT2D eigenvalue weighted by Crippen LogP contribution is 2.33. The molecule has 134 valence electrons. The van der Waals surface area contributed by atoms with E-state index in [0.717, 1.165) is 29.0 Å². The zero-order valence-corrected chi connectivity index (χ0v) is 16.2. The summed E-state index contributed by atoms with van der Waals surface area (Å²) in [6, 6.07) is 15.4. The molecule has 0 radical (unpaired) electrons. The monoisotopic (exact) mass is 385 g/mol. The average Bonchev–Trinajstić information content (AvgIpc) is 2.93. The van der Waals surface area contributed by atoms with Crippen LogP contribution in [0.4, 0.5) is 0 Å². The Morgan fingerprint density at radius 2 is 1.81 bits per heavy atom. The Labute approximate surface area is 162 Å². The lowest BCUT2D eigenvalue weighted by Gasteiger charge is -2.14. The standard InChI is InChI=1S/C20H19NO3S2/c1-23-16-8-6-14(7-9-16)10-11-21-19(22)18(26-20(21)25)13-15-4-3-5-17(12-15)24-2/h3-9,12-13H,10-11H2,1-2H3. The summed E-state index contributed by atoms with van der Waals surface area (Å²) in [5, 5.41) is 0. The number of hydrogen-bond donors (Lipinski definition) is 0. The van der Waals surface area contributed by atoms with Crippen molar-refractivity contribution in [2.24, 2.45) is 0 Å². The Balaban J connectivity index is 1.68. The van der Waals surface area contributed by atoms with Crippen LogP contribution in [0.5, 0.6) is 11.5 Å². The molecule has 2 aromatic rings.